The van der Waals surface area contributed by atoms with E-state index in [-0.39, 0.29) is 11.6 Å². The van der Waals surface area contributed by atoms with Crippen molar-refractivity contribution in [1.82, 2.24) is 0 Å². The fourth-order valence-electron chi connectivity index (χ4n) is 2.47. The summed E-state index contributed by atoms with van der Waals surface area (Å²) in [7, 11) is 1.67. The molecular weight excluding hydrogens is 242 g/mol. The Bertz CT molecular complexity index is 451. The molecule has 0 bridgehead atoms. The molecule has 104 valence electrons. The maximum absolute atomic E-state index is 6.21. The van der Waals surface area contributed by atoms with E-state index < -0.39 is 0 Å². The Kier molecular flexibility index (Phi) is 3.37. The van der Waals surface area contributed by atoms with Crippen molar-refractivity contribution in [2.75, 3.05) is 20.3 Å². The Morgan fingerprint density at radius 1 is 1.21 bits per heavy atom. The van der Waals surface area contributed by atoms with Crippen molar-refractivity contribution < 1.29 is 14.2 Å². The summed E-state index contributed by atoms with van der Waals surface area (Å²) in [5, 5.41) is 0. The zero-order chi connectivity index (χ0) is 13.3. The summed E-state index contributed by atoms with van der Waals surface area (Å²) in [4.78, 5) is 0. The topological polar surface area (TPSA) is 53.7 Å². The van der Waals surface area contributed by atoms with E-state index in [1.54, 1.807) is 7.11 Å². The molecule has 1 saturated carbocycles. The van der Waals surface area contributed by atoms with Gasteiger partial charge in [0.1, 0.15) is 6.10 Å². The SMILES string of the molecule is COc1cc(C2(N)CC2)ccc1OC1CCOCC1. The lowest BCUT2D eigenvalue weighted by Gasteiger charge is -2.24. The fourth-order valence-corrected chi connectivity index (χ4v) is 2.47. The highest BCUT2D eigenvalue weighted by Gasteiger charge is 2.40. The Labute approximate surface area is 113 Å². The van der Waals surface area contributed by atoms with Crippen LogP contribution in [0.15, 0.2) is 18.2 Å². The Morgan fingerprint density at radius 2 is 1.95 bits per heavy atom. The van der Waals surface area contributed by atoms with Crippen LogP contribution in [0.5, 0.6) is 11.5 Å². The van der Waals surface area contributed by atoms with Crippen LogP contribution < -0.4 is 15.2 Å². The first-order chi connectivity index (χ1) is 9.21. The van der Waals surface area contributed by atoms with Gasteiger partial charge in [-0.2, -0.15) is 0 Å². The Hall–Kier alpha value is -1.26. The number of hydrogen-bond acceptors (Lipinski definition) is 4. The summed E-state index contributed by atoms with van der Waals surface area (Å²) < 4.78 is 16.8. The number of nitrogens with two attached hydrogens (primary N) is 1. The molecule has 4 nitrogen and oxygen atoms in total. The summed E-state index contributed by atoms with van der Waals surface area (Å²) in [5.74, 6) is 1.59. The van der Waals surface area contributed by atoms with E-state index in [1.165, 1.54) is 0 Å². The van der Waals surface area contributed by atoms with Crippen LogP contribution in [0.1, 0.15) is 31.2 Å². The molecule has 0 aromatic heterocycles. The van der Waals surface area contributed by atoms with Crippen LogP contribution >= 0.6 is 0 Å². The number of ether oxygens (including phenoxy) is 3. The molecule has 19 heavy (non-hydrogen) atoms. The largest absolute Gasteiger partial charge is 0.493 e. The number of methoxy groups -OCH3 is 1. The third-order valence-corrected chi connectivity index (χ3v) is 3.99. The third-order valence-electron chi connectivity index (χ3n) is 3.99. The first-order valence-electron chi connectivity index (χ1n) is 6.93. The van der Waals surface area contributed by atoms with E-state index in [4.69, 9.17) is 19.9 Å². The van der Waals surface area contributed by atoms with Crippen molar-refractivity contribution in [1.29, 1.82) is 0 Å². The third kappa shape index (κ3) is 2.69. The molecule has 1 aromatic carbocycles. The molecule has 2 N–H and O–H groups in total. The molecule has 2 aliphatic rings. The smallest absolute Gasteiger partial charge is 0.161 e. The number of rotatable bonds is 4. The zero-order valence-corrected chi connectivity index (χ0v) is 11.4. The molecule has 0 atom stereocenters. The summed E-state index contributed by atoms with van der Waals surface area (Å²) in [5.41, 5.74) is 7.22. The zero-order valence-electron chi connectivity index (χ0n) is 11.4. The van der Waals surface area contributed by atoms with Gasteiger partial charge in [0.15, 0.2) is 11.5 Å². The monoisotopic (exact) mass is 263 g/mol. The summed E-state index contributed by atoms with van der Waals surface area (Å²) in [6, 6.07) is 6.06. The Morgan fingerprint density at radius 3 is 2.58 bits per heavy atom. The second-order valence-electron chi connectivity index (χ2n) is 5.45. The van der Waals surface area contributed by atoms with Gasteiger partial charge >= 0.3 is 0 Å². The minimum absolute atomic E-state index is 0.134. The molecule has 1 aliphatic heterocycles. The van der Waals surface area contributed by atoms with Crippen LogP contribution in [-0.4, -0.2) is 26.4 Å². The number of benzene rings is 1. The Balaban J connectivity index is 1.76. The van der Waals surface area contributed by atoms with Crippen LogP contribution in [0, 0.1) is 0 Å². The van der Waals surface area contributed by atoms with Crippen molar-refractivity contribution in [3.05, 3.63) is 23.8 Å². The molecule has 0 spiro atoms. The van der Waals surface area contributed by atoms with Gasteiger partial charge in [-0.1, -0.05) is 6.07 Å². The van der Waals surface area contributed by atoms with E-state index >= 15 is 0 Å². The van der Waals surface area contributed by atoms with Gasteiger partial charge in [0.25, 0.3) is 0 Å². The first kappa shape index (κ1) is 12.8. The maximum atomic E-state index is 6.21. The molecule has 4 heteroatoms. The van der Waals surface area contributed by atoms with Gasteiger partial charge in [-0.05, 0) is 30.5 Å². The van der Waals surface area contributed by atoms with Crippen molar-refractivity contribution in [2.24, 2.45) is 5.73 Å². The van der Waals surface area contributed by atoms with E-state index in [1.807, 2.05) is 12.1 Å². The molecule has 1 heterocycles. The van der Waals surface area contributed by atoms with Gasteiger partial charge in [0, 0.05) is 18.4 Å². The molecule has 2 fully saturated rings. The molecule has 1 aromatic rings. The lowest BCUT2D eigenvalue weighted by Crippen LogP contribution is -2.26. The second kappa shape index (κ2) is 5.02. The van der Waals surface area contributed by atoms with Crippen molar-refractivity contribution in [2.45, 2.75) is 37.3 Å². The summed E-state index contributed by atoms with van der Waals surface area (Å²) in [6.07, 6.45) is 4.20. The molecule has 0 amide bonds. The molecule has 3 rings (SSSR count). The van der Waals surface area contributed by atoms with Crippen LogP contribution in [-0.2, 0) is 10.3 Å². The molecule has 0 unspecified atom stereocenters. The average Bonchev–Trinajstić information content (AvgIpc) is 3.19. The number of hydrogen-bond donors (Lipinski definition) is 1. The maximum Gasteiger partial charge on any atom is 0.161 e. The van der Waals surface area contributed by atoms with Crippen molar-refractivity contribution in [3.8, 4) is 11.5 Å². The van der Waals surface area contributed by atoms with Gasteiger partial charge in [-0.15, -0.1) is 0 Å². The van der Waals surface area contributed by atoms with E-state index in [9.17, 15) is 0 Å². The average molecular weight is 263 g/mol. The minimum atomic E-state index is -0.134. The predicted molar refractivity (Wildman–Crippen MR) is 72.6 cm³/mol. The highest BCUT2D eigenvalue weighted by molar-refractivity contribution is 5.46. The quantitative estimate of drug-likeness (QED) is 0.904. The van der Waals surface area contributed by atoms with Crippen molar-refractivity contribution in [3.63, 3.8) is 0 Å². The molecule has 1 saturated heterocycles. The second-order valence-corrected chi connectivity index (χ2v) is 5.45. The normalized spacial score (nSPS) is 22.0. The van der Waals surface area contributed by atoms with Gasteiger partial charge in [-0.25, -0.2) is 0 Å². The fraction of sp³-hybridized carbons (Fsp3) is 0.600. The van der Waals surface area contributed by atoms with E-state index in [0.29, 0.717) is 0 Å². The summed E-state index contributed by atoms with van der Waals surface area (Å²) in [6.45, 7) is 1.55. The van der Waals surface area contributed by atoms with E-state index in [2.05, 4.69) is 6.07 Å². The minimum Gasteiger partial charge on any atom is -0.493 e. The van der Waals surface area contributed by atoms with Gasteiger partial charge in [-0.3, -0.25) is 0 Å². The van der Waals surface area contributed by atoms with Crippen LogP contribution in [0.4, 0.5) is 0 Å². The standard InChI is InChI=1S/C15H21NO3/c1-17-14-10-11(15(16)6-7-15)2-3-13(14)19-12-4-8-18-9-5-12/h2-3,10,12H,4-9,16H2,1H3. The molecular formula is C15H21NO3. The predicted octanol–water partition coefficient (Wildman–Crippen LogP) is 2.20. The molecule has 1 aliphatic carbocycles. The van der Waals surface area contributed by atoms with Crippen LogP contribution in [0.25, 0.3) is 0 Å². The van der Waals surface area contributed by atoms with Crippen LogP contribution in [0.2, 0.25) is 0 Å². The lowest BCUT2D eigenvalue weighted by molar-refractivity contribution is 0.0245. The molecule has 0 radical (unpaired) electrons. The van der Waals surface area contributed by atoms with Crippen molar-refractivity contribution >= 4 is 0 Å². The van der Waals surface area contributed by atoms with Gasteiger partial charge in [0.05, 0.1) is 20.3 Å². The summed E-state index contributed by atoms with van der Waals surface area (Å²) >= 11 is 0. The first-order valence-corrected chi connectivity index (χ1v) is 6.93. The van der Waals surface area contributed by atoms with E-state index in [0.717, 1.165) is 56.0 Å². The highest BCUT2D eigenvalue weighted by Crippen LogP contribution is 2.45. The van der Waals surface area contributed by atoms with Gasteiger partial charge < -0.3 is 19.9 Å². The lowest BCUT2D eigenvalue weighted by atomic mass is 10.1. The van der Waals surface area contributed by atoms with Crippen LogP contribution in [0.3, 0.4) is 0 Å². The van der Waals surface area contributed by atoms with Gasteiger partial charge in [0.2, 0.25) is 0 Å². The highest BCUT2D eigenvalue weighted by atomic mass is 16.5.